The lowest BCUT2D eigenvalue weighted by atomic mass is 9.75. The van der Waals surface area contributed by atoms with E-state index in [1.165, 1.54) is 27.8 Å². The Balaban J connectivity index is 0.963. The third kappa shape index (κ3) is 9.24. The van der Waals surface area contributed by atoms with Gasteiger partial charge in [0.05, 0.1) is 30.1 Å². The molecule has 0 saturated heterocycles. The standard InChI is InChI=1S/C64H56N4O/c1-62(2,50-26-30-56(66-40-50)46-17-10-7-11-18-46)36-43-33-44(37-63(3,4)51-27-31-57(67-41-51)47-19-12-8-13-20-47)35-45(34-43)38-64(5,6)52-28-32-58(68-42-52)55-24-16-23-53-54-29-25-49(39-65)59(61(54)69-60(53)55)48-21-14-9-15-22-48/h7-35,40-42H,36-38H2,1-6H3/i25D. The van der Waals surface area contributed by atoms with E-state index in [0.717, 1.165) is 74.9 Å². The van der Waals surface area contributed by atoms with E-state index >= 15 is 0 Å². The number of hydrogen-bond donors (Lipinski definition) is 0. The van der Waals surface area contributed by atoms with Gasteiger partial charge in [-0.15, -0.1) is 0 Å². The lowest BCUT2D eigenvalue weighted by Gasteiger charge is -2.30. The van der Waals surface area contributed by atoms with Crippen molar-refractivity contribution in [1.82, 2.24) is 15.0 Å². The smallest absolute Gasteiger partial charge is 0.144 e. The summed E-state index contributed by atoms with van der Waals surface area (Å²) in [7, 11) is 0. The molecule has 0 unspecified atom stereocenters. The second kappa shape index (κ2) is 18.3. The third-order valence-electron chi connectivity index (χ3n) is 13.9. The van der Waals surface area contributed by atoms with Crippen LogP contribution in [0, 0.1) is 11.3 Å². The molecule has 0 bridgehead atoms. The topological polar surface area (TPSA) is 75.6 Å². The van der Waals surface area contributed by atoms with Crippen LogP contribution in [0.25, 0.3) is 66.8 Å². The Hall–Kier alpha value is -7.94. The van der Waals surface area contributed by atoms with Crippen LogP contribution in [0.1, 0.15) is 81.9 Å². The zero-order valence-electron chi connectivity index (χ0n) is 41.2. The Morgan fingerprint density at radius 3 is 1.30 bits per heavy atom. The van der Waals surface area contributed by atoms with Gasteiger partial charge < -0.3 is 4.42 Å². The minimum absolute atomic E-state index is 0.173. The first-order valence-electron chi connectivity index (χ1n) is 24.3. The van der Waals surface area contributed by atoms with Gasteiger partial charge in [0.1, 0.15) is 11.2 Å². The number of pyridine rings is 3. The van der Waals surface area contributed by atoms with Crippen LogP contribution in [-0.4, -0.2) is 15.0 Å². The van der Waals surface area contributed by atoms with Crippen molar-refractivity contribution in [2.45, 2.75) is 77.0 Å². The summed E-state index contributed by atoms with van der Waals surface area (Å²) >= 11 is 0. The number of aromatic nitrogens is 3. The number of furan rings is 1. The molecule has 69 heavy (non-hydrogen) atoms. The average Bonchev–Trinajstić information content (AvgIpc) is 3.74. The van der Waals surface area contributed by atoms with Gasteiger partial charge in [-0.1, -0.05) is 181 Å². The third-order valence-corrected chi connectivity index (χ3v) is 13.9. The van der Waals surface area contributed by atoms with Crippen LogP contribution >= 0.6 is 0 Å². The van der Waals surface area contributed by atoms with Gasteiger partial charge in [0, 0.05) is 51.6 Å². The van der Waals surface area contributed by atoms with E-state index < -0.39 is 0 Å². The number of fused-ring (bicyclic) bond motifs is 3. The van der Waals surface area contributed by atoms with Gasteiger partial charge in [-0.2, -0.15) is 5.26 Å². The van der Waals surface area contributed by atoms with Gasteiger partial charge in [0.2, 0.25) is 0 Å². The summed E-state index contributed by atoms with van der Waals surface area (Å²) in [5.74, 6) is 0. The van der Waals surface area contributed by atoms with Gasteiger partial charge in [-0.3, -0.25) is 15.0 Å². The van der Waals surface area contributed by atoms with Crippen molar-refractivity contribution < 1.29 is 5.79 Å². The molecular formula is C64H56N4O. The van der Waals surface area contributed by atoms with Crippen molar-refractivity contribution in [2.24, 2.45) is 0 Å². The highest BCUT2D eigenvalue weighted by Crippen LogP contribution is 2.42. The minimum atomic E-state index is -0.255. The van der Waals surface area contributed by atoms with E-state index in [4.69, 9.17) is 20.7 Å². The Morgan fingerprint density at radius 2 is 0.884 bits per heavy atom. The summed E-state index contributed by atoms with van der Waals surface area (Å²) in [6.45, 7) is 13.9. The summed E-state index contributed by atoms with van der Waals surface area (Å²) in [6, 6.07) is 61.0. The lowest BCUT2D eigenvalue weighted by Crippen LogP contribution is -2.24. The van der Waals surface area contributed by atoms with Crippen molar-refractivity contribution in [3.63, 3.8) is 0 Å². The predicted molar refractivity (Wildman–Crippen MR) is 283 cm³/mol. The molecule has 5 heteroatoms. The second-order valence-corrected chi connectivity index (χ2v) is 20.4. The quantitative estimate of drug-likeness (QED) is 0.115. The molecule has 0 aliphatic carbocycles. The Bertz CT molecular complexity index is 3400. The Labute approximate surface area is 407 Å². The molecule has 0 fully saturated rings. The summed E-state index contributed by atoms with van der Waals surface area (Å²) in [6.07, 6.45) is 8.64. The SMILES string of the molecule is [2H]c1cc2c(oc3c(-c4ccc(C(C)(C)Cc5cc(CC(C)(C)c6ccc(-c7ccccc7)nc6)cc(CC(C)(C)c6ccc(-c7ccccc7)nc6)c5)cn4)cccc32)c(-c2ccccc2)c1C#N. The van der Waals surface area contributed by atoms with E-state index in [2.05, 4.69) is 163 Å². The minimum Gasteiger partial charge on any atom is -0.455 e. The molecule has 4 heterocycles. The van der Waals surface area contributed by atoms with Crippen molar-refractivity contribution >= 4 is 21.9 Å². The number of nitrogens with zero attached hydrogens (tertiary/aromatic N) is 4. The van der Waals surface area contributed by atoms with E-state index in [1.54, 1.807) is 6.07 Å². The van der Waals surface area contributed by atoms with Gasteiger partial charge in [0.25, 0.3) is 0 Å². The lowest BCUT2D eigenvalue weighted by molar-refractivity contribution is 0.505. The van der Waals surface area contributed by atoms with Crippen LogP contribution in [0.5, 0.6) is 0 Å². The number of nitriles is 1. The maximum Gasteiger partial charge on any atom is 0.144 e. The molecule has 0 N–H and O–H groups in total. The molecule has 10 aromatic rings. The molecular weight excluding hydrogens is 841 g/mol. The number of benzene rings is 6. The number of para-hydroxylation sites is 1. The molecule has 0 atom stereocenters. The van der Waals surface area contributed by atoms with E-state index in [0.29, 0.717) is 22.3 Å². The predicted octanol–water partition coefficient (Wildman–Crippen LogP) is 15.9. The summed E-state index contributed by atoms with van der Waals surface area (Å²) in [5.41, 5.74) is 15.7. The number of rotatable bonds is 13. The zero-order chi connectivity index (χ0) is 48.6. The van der Waals surface area contributed by atoms with Gasteiger partial charge in [-0.05, 0) is 111 Å². The fourth-order valence-corrected chi connectivity index (χ4v) is 10.1. The fourth-order valence-electron chi connectivity index (χ4n) is 10.1. The number of hydrogen-bond acceptors (Lipinski definition) is 5. The molecule has 0 radical (unpaired) electrons. The second-order valence-electron chi connectivity index (χ2n) is 20.4. The molecule has 0 aliphatic heterocycles. The van der Waals surface area contributed by atoms with Crippen LogP contribution in [0.2, 0.25) is 0 Å². The molecule has 0 saturated carbocycles. The van der Waals surface area contributed by atoms with Gasteiger partial charge in [-0.25, -0.2) is 0 Å². The molecule has 10 rings (SSSR count). The van der Waals surface area contributed by atoms with Crippen molar-refractivity contribution in [2.75, 3.05) is 0 Å². The first-order valence-corrected chi connectivity index (χ1v) is 23.8. The average molecular weight is 898 g/mol. The molecule has 4 aromatic heterocycles. The summed E-state index contributed by atoms with van der Waals surface area (Å²) in [4.78, 5) is 14.9. The van der Waals surface area contributed by atoms with Crippen molar-refractivity contribution in [3.8, 4) is 51.0 Å². The van der Waals surface area contributed by atoms with Gasteiger partial charge in [0.15, 0.2) is 0 Å². The zero-order valence-corrected chi connectivity index (χ0v) is 40.2. The van der Waals surface area contributed by atoms with Crippen LogP contribution < -0.4 is 0 Å². The molecule has 6 aromatic carbocycles. The normalized spacial score (nSPS) is 12.3. The first kappa shape index (κ1) is 43.6. The molecule has 0 spiro atoms. The van der Waals surface area contributed by atoms with E-state index in [-0.39, 0.29) is 22.3 Å². The molecule has 338 valence electrons. The monoisotopic (exact) mass is 897 g/mol. The highest BCUT2D eigenvalue weighted by atomic mass is 16.3. The molecule has 5 nitrogen and oxygen atoms in total. The van der Waals surface area contributed by atoms with Crippen molar-refractivity contribution in [3.05, 3.63) is 233 Å². The summed E-state index contributed by atoms with van der Waals surface area (Å²) < 4.78 is 15.5. The van der Waals surface area contributed by atoms with Crippen LogP contribution in [0.15, 0.2) is 199 Å². The first-order chi connectivity index (χ1) is 33.8. The van der Waals surface area contributed by atoms with Crippen molar-refractivity contribution in [1.29, 1.82) is 5.26 Å². The largest absolute Gasteiger partial charge is 0.455 e. The van der Waals surface area contributed by atoms with Crippen LogP contribution in [-0.2, 0) is 35.5 Å². The maximum atomic E-state index is 10.2. The Morgan fingerprint density at radius 1 is 0.464 bits per heavy atom. The van der Waals surface area contributed by atoms with E-state index in [1.807, 2.05) is 66.9 Å². The van der Waals surface area contributed by atoms with Crippen LogP contribution in [0.4, 0.5) is 0 Å². The highest BCUT2D eigenvalue weighted by Gasteiger charge is 2.28. The van der Waals surface area contributed by atoms with Gasteiger partial charge >= 0.3 is 0 Å². The maximum absolute atomic E-state index is 10.2. The van der Waals surface area contributed by atoms with E-state index in [9.17, 15) is 5.26 Å². The molecule has 0 aliphatic rings. The summed E-state index contributed by atoms with van der Waals surface area (Å²) in [5, 5.41) is 11.9. The fraction of sp³-hybridized carbons (Fsp3) is 0.188. The molecule has 0 amide bonds. The van der Waals surface area contributed by atoms with Crippen LogP contribution in [0.3, 0.4) is 0 Å². The highest BCUT2D eigenvalue weighted by molar-refractivity contribution is 6.13. The Kier molecular flexibility index (Phi) is 11.6.